The van der Waals surface area contributed by atoms with Crippen molar-refractivity contribution in [3.05, 3.63) is 81.7 Å². The van der Waals surface area contributed by atoms with Crippen LogP contribution in [0.1, 0.15) is 38.6 Å². The summed E-state index contributed by atoms with van der Waals surface area (Å²) < 4.78 is 67.6. The van der Waals surface area contributed by atoms with E-state index < -0.39 is 37.5 Å². The maximum absolute atomic E-state index is 13.2. The smallest absolute Gasteiger partial charge is 0.285 e. The highest BCUT2D eigenvalue weighted by molar-refractivity contribution is 7.92. The standard InChI is InChI=1S/C21H14ClF3N4O3S/c1-11-7-17(29-33(31,32)12-5-6-15(22)14(8-12)21(23,24)25)19(26-9-11)20(30)18-13-3-2-4-16(13)27-10-28-18/h2-3,5-10,29H,4H2,1H3. The average Bonchev–Trinajstić information content (AvgIpc) is 3.21. The van der Waals surface area contributed by atoms with Gasteiger partial charge in [0, 0.05) is 18.2 Å². The first-order chi connectivity index (χ1) is 15.5. The molecule has 2 aromatic heterocycles. The molecule has 0 aliphatic heterocycles. The molecule has 2 heterocycles. The summed E-state index contributed by atoms with van der Waals surface area (Å²) in [6, 6.07) is 3.57. The summed E-state index contributed by atoms with van der Waals surface area (Å²) in [6.07, 6.45) is 1.76. The van der Waals surface area contributed by atoms with Gasteiger partial charge < -0.3 is 0 Å². The predicted octanol–water partition coefficient (Wildman–Crippen LogP) is 4.45. The van der Waals surface area contributed by atoms with Crippen molar-refractivity contribution in [3.63, 3.8) is 0 Å². The second-order valence-electron chi connectivity index (χ2n) is 7.17. The third-order valence-electron chi connectivity index (χ3n) is 4.81. The summed E-state index contributed by atoms with van der Waals surface area (Å²) in [5, 5.41) is -0.639. The number of sulfonamides is 1. The van der Waals surface area contributed by atoms with Gasteiger partial charge in [0.1, 0.15) is 17.7 Å². The van der Waals surface area contributed by atoms with Crippen LogP contribution >= 0.6 is 11.6 Å². The number of aryl methyl sites for hydroxylation is 1. The molecule has 0 saturated heterocycles. The van der Waals surface area contributed by atoms with Crippen LogP contribution in [-0.4, -0.2) is 29.2 Å². The van der Waals surface area contributed by atoms with Crippen molar-refractivity contribution in [2.24, 2.45) is 0 Å². The van der Waals surface area contributed by atoms with E-state index in [2.05, 4.69) is 19.7 Å². The number of carbonyl (C=O) groups excluding carboxylic acids is 1. The van der Waals surface area contributed by atoms with Crippen LogP contribution in [0.25, 0.3) is 6.08 Å². The van der Waals surface area contributed by atoms with Gasteiger partial charge in [-0.3, -0.25) is 14.5 Å². The average molecular weight is 495 g/mol. The lowest BCUT2D eigenvalue weighted by molar-refractivity contribution is -0.137. The molecular weight excluding hydrogens is 481 g/mol. The molecule has 0 atom stereocenters. The molecule has 12 heteroatoms. The molecule has 4 rings (SSSR count). The summed E-state index contributed by atoms with van der Waals surface area (Å²) in [4.78, 5) is 24.7. The van der Waals surface area contributed by atoms with Crippen LogP contribution in [0.15, 0.2) is 47.8 Å². The van der Waals surface area contributed by atoms with Crippen LogP contribution < -0.4 is 4.72 Å². The second-order valence-corrected chi connectivity index (χ2v) is 9.26. The van der Waals surface area contributed by atoms with Gasteiger partial charge in [-0.1, -0.05) is 23.8 Å². The number of hydrogen-bond donors (Lipinski definition) is 1. The van der Waals surface area contributed by atoms with E-state index in [0.29, 0.717) is 29.3 Å². The SMILES string of the molecule is Cc1cnc(C(=O)c2ncnc3c2C=CC3)c(NS(=O)(=O)c2ccc(Cl)c(C(F)(F)F)c2)c1. The van der Waals surface area contributed by atoms with Gasteiger partial charge in [-0.15, -0.1) is 0 Å². The fourth-order valence-corrected chi connectivity index (χ4v) is 4.58. The molecule has 0 radical (unpaired) electrons. The Morgan fingerprint density at radius 3 is 2.61 bits per heavy atom. The van der Waals surface area contributed by atoms with Gasteiger partial charge in [-0.25, -0.2) is 18.4 Å². The van der Waals surface area contributed by atoms with Crippen molar-refractivity contribution in [1.29, 1.82) is 0 Å². The second kappa shape index (κ2) is 8.23. The highest BCUT2D eigenvalue weighted by atomic mass is 35.5. The number of aromatic nitrogens is 3. The summed E-state index contributed by atoms with van der Waals surface area (Å²) >= 11 is 5.59. The summed E-state index contributed by atoms with van der Waals surface area (Å²) in [5.41, 5.74) is -0.0440. The van der Waals surface area contributed by atoms with Gasteiger partial charge in [-0.2, -0.15) is 13.2 Å². The number of nitrogens with zero attached hydrogens (tertiary/aromatic N) is 3. The first-order valence-electron chi connectivity index (χ1n) is 9.38. The molecular formula is C21H14ClF3N4O3S. The number of nitrogens with one attached hydrogen (secondary N) is 1. The largest absolute Gasteiger partial charge is 0.417 e. The number of alkyl halides is 3. The Morgan fingerprint density at radius 2 is 1.88 bits per heavy atom. The third kappa shape index (κ3) is 4.46. The van der Waals surface area contributed by atoms with Crippen molar-refractivity contribution >= 4 is 39.2 Å². The predicted molar refractivity (Wildman–Crippen MR) is 114 cm³/mol. The van der Waals surface area contributed by atoms with E-state index in [-0.39, 0.29) is 17.1 Å². The van der Waals surface area contributed by atoms with Crippen LogP contribution in [0.2, 0.25) is 5.02 Å². The minimum atomic E-state index is -4.85. The lowest BCUT2D eigenvalue weighted by Crippen LogP contribution is -2.19. The van der Waals surface area contributed by atoms with Gasteiger partial charge >= 0.3 is 6.18 Å². The normalized spacial score (nSPS) is 13.1. The van der Waals surface area contributed by atoms with E-state index in [1.165, 1.54) is 18.6 Å². The summed E-state index contributed by atoms with van der Waals surface area (Å²) in [6.45, 7) is 1.62. The van der Waals surface area contributed by atoms with E-state index >= 15 is 0 Å². The van der Waals surface area contributed by atoms with E-state index in [1.807, 2.05) is 0 Å². The van der Waals surface area contributed by atoms with Crippen molar-refractivity contribution in [2.45, 2.75) is 24.4 Å². The fourth-order valence-electron chi connectivity index (χ4n) is 3.27. The zero-order valence-electron chi connectivity index (χ0n) is 16.8. The molecule has 0 spiro atoms. The third-order valence-corrected chi connectivity index (χ3v) is 6.51. The number of pyridine rings is 1. The Labute approximate surface area is 191 Å². The number of allylic oxidation sites excluding steroid dienone is 1. The van der Waals surface area contributed by atoms with Gasteiger partial charge in [0.2, 0.25) is 5.78 Å². The molecule has 1 aliphatic carbocycles. The molecule has 7 nitrogen and oxygen atoms in total. The van der Waals surface area contributed by atoms with Crippen LogP contribution in [-0.2, 0) is 22.6 Å². The van der Waals surface area contributed by atoms with Crippen molar-refractivity contribution in [2.75, 3.05) is 4.72 Å². The fraction of sp³-hybridized carbons (Fsp3) is 0.143. The minimum Gasteiger partial charge on any atom is -0.285 e. The highest BCUT2D eigenvalue weighted by Crippen LogP contribution is 2.36. The lowest BCUT2D eigenvalue weighted by Gasteiger charge is -2.14. The van der Waals surface area contributed by atoms with Crippen molar-refractivity contribution in [3.8, 4) is 0 Å². The number of fused-ring (bicyclic) bond motifs is 1. The van der Waals surface area contributed by atoms with Crippen molar-refractivity contribution in [1.82, 2.24) is 15.0 Å². The molecule has 0 saturated carbocycles. The quantitative estimate of drug-likeness (QED) is 0.526. The van der Waals surface area contributed by atoms with Gasteiger partial charge in [-0.05, 0) is 36.8 Å². The Hall–Kier alpha value is -3.31. The molecule has 0 bridgehead atoms. The minimum absolute atomic E-state index is 0.0383. The number of anilines is 1. The Bertz CT molecular complexity index is 1420. The molecule has 1 aliphatic rings. The zero-order chi connectivity index (χ0) is 24.0. The summed E-state index contributed by atoms with van der Waals surface area (Å²) in [7, 11) is -4.53. The Kier molecular flexibility index (Phi) is 5.71. The van der Waals surface area contributed by atoms with E-state index in [9.17, 15) is 26.4 Å². The molecule has 33 heavy (non-hydrogen) atoms. The molecule has 0 fully saturated rings. The van der Waals surface area contributed by atoms with Crippen LogP contribution in [0, 0.1) is 6.92 Å². The molecule has 170 valence electrons. The van der Waals surface area contributed by atoms with Crippen LogP contribution in [0.3, 0.4) is 0 Å². The maximum Gasteiger partial charge on any atom is 0.417 e. The number of carbonyl (C=O) groups is 1. The number of ketones is 1. The van der Waals surface area contributed by atoms with Crippen molar-refractivity contribution < 1.29 is 26.4 Å². The number of hydrogen-bond acceptors (Lipinski definition) is 6. The van der Waals surface area contributed by atoms with Crippen LogP contribution in [0.4, 0.5) is 18.9 Å². The lowest BCUT2D eigenvalue weighted by atomic mass is 10.1. The topological polar surface area (TPSA) is 102 Å². The monoisotopic (exact) mass is 494 g/mol. The molecule has 0 unspecified atom stereocenters. The first kappa shape index (κ1) is 22.9. The Balaban J connectivity index is 1.76. The van der Waals surface area contributed by atoms with E-state index in [4.69, 9.17) is 11.6 Å². The van der Waals surface area contributed by atoms with E-state index in [1.54, 1.807) is 19.1 Å². The van der Waals surface area contributed by atoms with Gasteiger partial charge in [0.25, 0.3) is 10.0 Å². The molecule has 1 N–H and O–H groups in total. The summed E-state index contributed by atoms with van der Waals surface area (Å²) in [5.74, 6) is -0.662. The van der Waals surface area contributed by atoms with Crippen LogP contribution in [0.5, 0.6) is 0 Å². The first-order valence-corrected chi connectivity index (χ1v) is 11.2. The Morgan fingerprint density at radius 1 is 1.12 bits per heavy atom. The number of halogens is 4. The zero-order valence-corrected chi connectivity index (χ0v) is 18.4. The van der Waals surface area contributed by atoms with Gasteiger partial charge in [0.15, 0.2) is 0 Å². The highest BCUT2D eigenvalue weighted by Gasteiger charge is 2.35. The van der Waals surface area contributed by atoms with Gasteiger partial charge in [0.05, 0.1) is 26.9 Å². The van der Waals surface area contributed by atoms with E-state index in [0.717, 1.165) is 12.1 Å². The number of benzene rings is 1. The number of rotatable bonds is 5. The molecule has 3 aromatic rings. The maximum atomic E-state index is 13.2. The molecule has 1 aromatic carbocycles. The molecule has 0 amide bonds.